The number of hydrogen-bond donors (Lipinski definition) is 1. The predicted octanol–water partition coefficient (Wildman–Crippen LogP) is 4.19. The van der Waals surface area contributed by atoms with E-state index in [1.807, 2.05) is 4.57 Å². The number of nitrogens with zero attached hydrogens (tertiary/aromatic N) is 2. The molecule has 0 amide bonds. The summed E-state index contributed by atoms with van der Waals surface area (Å²) in [6.45, 7) is 0. The van der Waals surface area contributed by atoms with Crippen LogP contribution in [0.15, 0.2) is 24.3 Å². The van der Waals surface area contributed by atoms with Gasteiger partial charge in [-0.15, -0.1) is 0 Å². The third-order valence-electron chi connectivity index (χ3n) is 4.02. The van der Waals surface area contributed by atoms with E-state index in [0.717, 1.165) is 17.9 Å². The fraction of sp³-hybridized carbons (Fsp3) is 0.467. The lowest BCUT2D eigenvalue weighted by Crippen LogP contribution is -2.13. The van der Waals surface area contributed by atoms with E-state index in [4.69, 9.17) is 12.2 Å². The smallest absolute Gasteiger partial charge is 0.199 e. The Morgan fingerprint density at radius 2 is 1.90 bits per heavy atom. The summed E-state index contributed by atoms with van der Waals surface area (Å²) in [5.41, 5.74) is 0.871. The monoisotopic (exact) mass is 291 g/mol. The minimum atomic E-state index is -0.238. The molecule has 1 N–H and O–H groups in total. The van der Waals surface area contributed by atoms with Crippen LogP contribution in [0.4, 0.5) is 4.39 Å². The SMILES string of the molecule is Fc1ccc(-n2c(CC3CCCCC3)n[nH]c2=S)cc1. The van der Waals surface area contributed by atoms with E-state index in [-0.39, 0.29) is 5.82 Å². The van der Waals surface area contributed by atoms with Gasteiger partial charge in [-0.2, -0.15) is 5.10 Å². The van der Waals surface area contributed by atoms with Crippen LogP contribution in [0.3, 0.4) is 0 Å². The number of halogens is 1. The van der Waals surface area contributed by atoms with Gasteiger partial charge < -0.3 is 0 Å². The molecule has 20 heavy (non-hydrogen) atoms. The molecule has 1 heterocycles. The minimum Gasteiger partial charge on any atom is -0.272 e. The topological polar surface area (TPSA) is 33.6 Å². The van der Waals surface area contributed by atoms with Gasteiger partial charge in [-0.1, -0.05) is 32.1 Å². The van der Waals surface area contributed by atoms with Crippen molar-refractivity contribution in [2.45, 2.75) is 38.5 Å². The molecule has 0 unspecified atom stereocenters. The summed E-state index contributed by atoms with van der Waals surface area (Å²) in [6.07, 6.45) is 7.44. The summed E-state index contributed by atoms with van der Waals surface area (Å²) in [4.78, 5) is 0. The largest absolute Gasteiger partial charge is 0.272 e. The standard InChI is InChI=1S/C15H18FN3S/c16-12-6-8-13(9-7-12)19-14(17-18-15(19)20)10-11-4-2-1-3-5-11/h6-9,11H,1-5,10H2,(H,18,20). The first-order chi connectivity index (χ1) is 9.74. The average molecular weight is 291 g/mol. The fourth-order valence-corrected chi connectivity index (χ4v) is 3.23. The minimum absolute atomic E-state index is 0.238. The molecule has 3 rings (SSSR count). The molecule has 0 saturated heterocycles. The van der Waals surface area contributed by atoms with Crippen molar-refractivity contribution in [3.8, 4) is 5.69 Å². The van der Waals surface area contributed by atoms with Gasteiger partial charge in [0.2, 0.25) is 0 Å². The maximum atomic E-state index is 13.0. The highest BCUT2D eigenvalue weighted by atomic mass is 32.1. The van der Waals surface area contributed by atoms with E-state index < -0.39 is 0 Å². The van der Waals surface area contributed by atoms with Crippen molar-refractivity contribution in [3.63, 3.8) is 0 Å². The molecule has 0 spiro atoms. The maximum absolute atomic E-state index is 13.0. The second-order valence-corrected chi connectivity index (χ2v) is 5.85. The third kappa shape index (κ3) is 2.82. The molecular formula is C15H18FN3S. The summed E-state index contributed by atoms with van der Waals surface area (Å²) in [5, 5.41) is 7.22. The number of H-pyrrole nitrogens is 1. The first-order valence-electron chi connectivity index (χ1n) is 7.16. The molecule has 1 aliphatic carbocycles. The summed E-state index contributed by atoms with van der Waals surface area (Å²) in [6, 6.07) is 6.39. The van der Waals surface area contributed by atoms with Crippen LogP contribution in [0.1, 0.15) is 37.9 Å². The molecule has 1 aliphatic rings. The van der Waals surface area contributed by atoms with Crippen molar-refractivity contribution in [2.24, 2.45) is 5.92 Å². The molecule has 1 fully saturated rings. The van der Waals surface area contributed by atoms with Gasteiger partial charge in [0.25, 0.3) is 0 Å². The molecule has 1 aromatic heterocycles. The van der Waals surface area contributed by atoms with Crippen molar-refractivity contribution in [2.75, 3.05) is 0 Å². The molecule has 3 nitrogen and oxygen atoms in total. The maximum Gasteiger partial charge on any atom is 0.199 e. The van der Waals surface area contributed by atoms with E-state index in [1.54, 1.807) is 12.1 Å². The molecule has 0 bridgehead atoms. The quantitative estimate of drug-likeness (QED) is 0.860. The lowest BCUT2D eigenvalue weighted by atomic mass is 9.87. The summed E-state index contributed by atoms with van der Waals surface area (Å²) in [7, 11) is 0. The van der Waals surface area contributed by atoms with Crippen molar-refractivity contribution in [3.05, 3.63) is 40.7 Å². The second kappa shape index (κ2) is 5.87. The van der Waals surface area contributed by atoms with Crippen molar-refractivity contribution in [1.29, 1.82) is 0 Å². The molecule has 1 aromatic carbocycles. The first-order valence-corrected chi connectivity index (χ1v) is 7.57. The number of nitrogens with one attached hydrogen (secondary N) is 1. The van der Waals surface area contributed by atoms with Gasteiger partial charge in [-0.25, -0.2) is 4.39 Å². The van der Waals surface area contributed by atoms with Crippen molar-refractivity contribution in [1.82, 2.24) is 14.8 Å². The van der Waals surface area contributed by atoms with E-state index in [1.165, 1.54) is 44.2 Å². The number of rotatable bonds is 3. The van der Waals surface area contributed by atoms with Crippen LogP contribution in [0.25, 0.3) is 5.69 Å². The normalized spacial score (nSPS) is 16.4. The van der Waals surface area contributed by atoms with Crippen molar-refractivity contribution < 1.29 is 4.39 Å². The van der Waals surface area contributed by atoms with Gasteiger partial charge in [-0.05, 0) is 42.4 Å². The van der Waals surface area contributed by atoms with Crippen LogP contribution in [0.5, 0.6) is 0 Å². The highest BCUT2D eigenvalue weighted by Gasteiger charge is 2.18. The summed E-state index contributed by atoms with van der Waals surface area (Å²) in [5.74, 6) is 1.40. The van der Waals surface area contributed by atoms with Gasteiger partial charge in [0.1, 0.15) is 11.6 Å². The van der Waals surface area contributed by atoms with Gasteiger partial charge >= 0.3 is 0 Å². The first kappa shape index (κ1) is 13.5. The average Bonchev–Trinajstić information content (AvgIpc) is 2.82. The highest BCUT2D eigenvalue weighted by molar-refractivity contribution is 7.71. The van der Waals surface area contributed by atoms with Crippen LogP contribution in [0, 0.1) is 16.5 Å². The Bertz CT molecular complexity index is 623. The lowest BCUT2D eigenvalue weighted by Gasteiger charge is -2.21. The van der Waals surface area contributed by atoms with Gasteiger partial charge in [0, 0.05) is 12.1 Å². The van der Waals surface area contributed by atoms with Crippen molar-refractivity contribution >= 4 is 12.2 Å². The number of hydrogen-bond acceptors (Lipinski definition) is 2. The Kier molecular flexibility index (Phi) is 3.96. The second-order valence-electron chi connectivity index (χ2n) is 5.46. The van der Waals surface area contributed by atoms with Crippen LogP contribution in [0.2, 0.25) is 0 Å². The Morgan fingerprint density at radius 1 is 1.20 bits per heavy atom. The molecule has 0 radical (unpaired) electrons. The van der Waals surface area contributed by atoms with Gasteiger partial charge in [-0.3, -0.25) is 9.67 Å². The Labute approximate surface area is 122 Å². The predicted molar refractivity (Wildman–Crippen MR) is 79.0 cm³/mol. The number of benzene rings is 1. The highest BCUT2D eigenvalue weighted by Crippen LogP contribution is 2.27. The lowest BCUT2D eigenvalue weighted by molar-refractivity contribution is 0.350. The Balaban J connectivity index is 1.88. The molecule has 1 saturated carbocycles. The van der Waals surface area contributed by atoms with Gasteiger partial charge in [0.05, 0.1) is 0 Å². The zero-order valence-corrected chi connectivity index (χ0v) is 12.1. The summed E-state index contributed by atoms with van der Waals surface area (Å²) >= 11 is 5.31. The fourth-order valence-electron chi connectivity index (χ4n) is 2.97. The Morgan fingerprint density at radius 3 is 2.60 bits per heavy atom. The van der Waals surface area contributed by atoms with E-state index in [2.05, 4.69) is 10.2 Å². The molecule has 0 aliphatic heterocycles. The molecule has 106 valence electrons. The third-order valence-corrected chi connectivity index (χ3v) is 4.30. The molecular weight excluding hydrogens is 273 g/mol. The van der Waals surface area contributed by atoms with Crippen LogP contribution >= 0.6 is 12.2 Å². The van der Waals surface area contributed by atoms with E-state index >= 15 is 0 Å². The molecule has 2 aromatic rings. The zero-order chi connectivity index (χ0) is 13.9. The van der Waals surface area contributed by atoms with Gasteiger partial charge in [0.15, 0.2) is 4.77 Å². The summed E-state index contributed by atoms with van der Waals surface area (Å²) < 4.78 is 15.5. The number of aromatic amines is 1. The van der Waals surface area contributed by atoms with E-state index in [9.17, 15) is 4.39 Å². The zero-order valence-electron chi connectivity index (χ0n) is 11.3. The van der Waals surface area contributed by atoms with E-state index in [0.29, 0.717) is 10.7 Å². The molecule has 5 heteroatoms. The van der Waals surface area contributed by atoms with Crippen LogP contribution in [-0.2, 0) is 6.42 Å². The van der Waals surface area contributed by atoms with Crippen LogP contribution in [-0.4, -0.2) is 14.8 Å². The Hall–Kier alpha value is -1.49. The van der Waals surface area contributed by atoms with Crippen LogP contribution < -0.4 is 0 Å². The number of aromatic nitrogens is 3. The molecule has 0 atom stereocenters.